The molecule has 0 bridgehead atoms. The number of aliphatic hydroxyl groups excluding tert-OH is 26. The van der Waals surface area contributed by atoms with Gasteiger partial charge in [0.15, 0.2) is 56.6 Å². The highest BCUT2D eigenvalue weighted by molar-refractivity contribution is 5.56. The van der Waals surface area contributed by atoms with Crippen molar-refractivity contribution in [2.45, 2.75) is 252 Å². The molecule has 0 spiro atoms. The average Bonchev–Trinajstić information content (AvgIpc) is 0.789. The van der Waals surface area contributed by atoms with Crippen molar-refractivity contribution in [3.63, 3.8) is 0 Å². The van der Waals surface area contributed by atoms with Crippen LogP contribution in [-0.2, 0) is 80.6 Å². The predicted molar refractivity (Wildman–Crippen MR) is 280 cm³/mol. The molecule has 8 heterocycles. The van der Waals surface area contributed by atoms with Gasteiger partial charge in [0.25, 0.3) is 0 Å². The quantitative estimate of drug-likeness (QED) is 0.0358. The second-order valence-corrected chi connectivity index (χ2v) is 23.6. The first-order valence-electron chi connectivity index (χ1n) is 29.7. The van der Waals surface area contributed by atoms with Crippen molar-refractivity contribution in [3.05, 3.63) is 0 Å². The number of ether oxygens (including phenoxy) is 16. The minimum Gasteiger partial charge on any atom is -0.394 e. The van der Waals surface area contributed by atoms with Crippen molar-refractivity contribution in [1.82, 2.24) is 0 Å². The van der Waals surface area contributed by atoms with E-state index in [1.165, 1.54) is 0 Å². The van der Waals surface area contributed by atoms with Gasteiger partial charge < -0.3 is 213 Å². The van der Waals surface area contributed by atoms with E-state index in [-0.39, 0.29) is 6.29 Å². The van der Waals surface area contributed by atoms with Gasteiger partial charge in [-0.25, -0.2) is 0 Å². The van der Waals surface area contributed by atoms with Crippen LogP contribution < -0.4 is 0 Å². The van der Waals surface area contributed by atoms with Crippen molar-refractivity contribution in [2.75, 3.05) is 59.5 Å². The number of carbonyl (C=O) groups is 1. The van der Waals surface area contributed by atoms with E-state index < -0.39 is 311 Å². The lowest BCUT2D eigenvalue weighted by atomic mass is 9.95. The standard InChI is InChI=1S/C51H86O43/c52-1-11(56)22(62)39(12(57)2-53)90-48-37(77)31(71)41(19(88-48)9-83-50-42(23(63)14(59)6-80-50)93-45-34(74)28(68)25(65)16(3-54)85-45)92-49-38(78)32(72)40(91-47-36(76)30(70)27(67)18(87-47)8-82-44-33(73)21(61)13(58)5-79-44)20(89-49)10-84-51-43(24(64)15(60)7-81-51)94-46-35(75)29(69)26(66)17(4-55)86-46/h1,11-51,53-78H,2-10H2/t11-,12+,13+,14+,15+,16+,17+,18+,19+,20+,21-,22+,23-,24-,25-,26-,27+,28-,29-,30-,31+,32+,33+,34+,35+,36+,37+,38+,39+,40+,41+,42+,43+,44+,45-,46-,47-,48-,49-,50+,51+/m0/s1. The van der Waals surface area contributed by atoms with E-state index in [1.807, 2.05) is 0 Å². The Bertz CT molecular complexity index is 2270. The van der Waals surface area contributed by atoms with Gasteiger partial charge in [-0.3, -0.25) is 0 Å². The summed E-state index contributed by atoms with van der Waals surface area (Å²) in [5.41, 5.74) is 0. The van der Waals surface area contributed by atoms with E-state index in [9.17, 15) is 138 Å². The molecule has 8 aliphatic rings. The fraction of sp³-hybridized carbons (Fsp3) is 0.980. The topological polar surface area (TPSA) is 691 Å². The van der Waals surface area contributed by atoms with Crippen molar-refractivity contribution in [3.8, 4) is 0 Å². The van der Waals surface area contributed by atoms with Crippen LogP contribution >= 0.6 is 0 Å². The fourth-order valence-corrected chi connectivity index (χ4v) is 11.3. The Labute approximate surface area is 530 Å². The lowest BCUT2D eigenvalue weighted by Crippen LogP contribution is -2.67. The lowest BCUT2D eigenvalue weighted by Gasteiger charge is -2.49. The normalized spacial score (nSPS) is 50.3. The number of hydrogen-bond acceptors (Lipinski definition) is 43. The Morgan fingerprint density at radius 1 is 0.340 bits per heavy atom. The number of hydrogen-bond donors (Lipinski definition) is 26. The molecule has 8 saturated heterocycles. The Hall–Kier alpha value is -2.01. The Morgan fingerprint density at radius 3 is 1.07 bits per heavy atom. The van der Waals surface area contributed by atoms with Gasteiger partial charge in [-0.15, -0.1) is 0 Å². The van der Waals surface area contributed by atoms with Crippen molar-refractivity contribution >= 4 is 6.29 Å². The summed E-state index contributed by atoms with van der Waals surface area (Å²) < 4.78 is 91.3. The summed E-state index contributed by atoms with van der Waals surface area (Å²) in [6.07, 6.45) is -85.0. The largest absolute Gasteiger partial charge is 0.394 e. The summed E-state index contributed by atoms with van der Waals surface area (Å²) in [4.78, 5) is 11.5. The zero-order valence-electron chi connectivity index (χ0n) is 49.2. The molecule has 0 aromatic heterocycles. The molecule has 0 amide bonds. The van der Waals surface area contributed by atoms with Crippen LogP contribution in [0.4, 0.5) is 0 Å². The van der Waals surface area contributed by atoms with E-state index in [0.29, 0.717) is 0 Å². The van der Waals surface area contributed by atoms with Gasteiger partial charge in [-0.1, -0.05) is 0 Å². The predicted octanol–water partition coefficient (Wildman–Crippen LogP) is -18.9. The lowest BCUT2D eigenvalue weighted by molar-refractivity contribution is -0.393. The molecular weight excluding hydrogens is 1300 g/mol. The molecule has 8 rings (SSSR count). The van der Waals surface area contributed by atoms with Gasteiger partial charge in [0.05, 0.1) is 59.5 Å². The van der Waals surface area contributed by atoms with Gasteiger partial charge >= 0.3 is 0 Å². The van der Waals surface area contributed by atoms with Crippen LogP contribution in [0.5, 0.6) is 0 Å². The van der Waals surface area contributed by atoms with Crippen molar-refractivity contribution < 1.29 is 213 Å². The summed E-state index contributed by atoms with van der Waals surface area (Å²) in [6.45, 7) is -8.23. The van der Waals surface area contributed by atoms with Crippen LogP contribution in [0.3, 0.4) is 0 Å². The first-order valence-corrected chi connectivity index (χ1v) is 29.7. The fourth-order valence-electron chi connectivity index (χ4n) is 11.3. The van der Waals surface area contributed by atoms with E-state index >= 15 is 0 Å². The molecule has 0 aliphatic carbocycles. The van der Waals surface area contributed by atoms with E-state index in [4.69, 9.17) is 75.8 Å². The third-order valence-electron chi connectivity index (χ3n) is 17.1. The van der Waals surface area contributed by atoms with E-state index in [1.54, 1.807) is 0 Å². The molecule has 8 aliphatic heterocycles. The summed E-state index contributed by atoms with van der Waals surface area (Å²) >= 11 is 0. The Morgan fingerprint density at radius 2 is 0.660 bits per heavy atom. The number of aliphatic hydroxyl groups is 26. The minimum absolute atomic E-state index is 0.201. The van der Waals surface area contributed by atoms with Crippen LogP contribution in [0, 0.1) is 0 Å². The SMILES string of the molecule is O=C[C@H](O)[C@@H](O)[C@H](O[C@@H]1O[C@H](CO[C@H]2OC[C@@H](O)[C@H](O)[C@H]2O[C@@H]2O[C@H](CO)[C@H](O)[C@H](O)[C@H]2O)[C@@H](O[C@@H]2O[C@H](CO[C@H]3OC[C@@H](O)[C@H](O)[C@H]3O[C@@H]3O[C@H](CO)[C@H](O)[C@H](O)[C@H]3O)[C@@H](O[C@@H]3O[C@H](CO[C@H]4OC[C@@H](O)[C@H](O)[C@H]4O)[C@@H](O)[C@H](O)[C@H]3O)[C@H](O)[C@H]2O)[C@H](O)[C@H]1O)[C@H](O)CO. The minimum atomic E-state index is -2.51. The Kier molecular flexibility index (Phi) is 28.2. The molecular formula is C51H86O43. The number of aldehydes is 1. The molecule has 41 atom stereocenters. The van der Waals surface area contributed by atoms with Crippen LogP contribution in [0.2, 0.25) is 0 Å². The summed E-state index contributed by atoms with van der Waals surface area (Å²) in [5, 5.41) is 280. The summed E-state index contributed by atoms with van der Waals surface area (Å²) in [5.74, 6) is 0. The first kappa shape index (κ1) is 77.7. The van der Waals surface area contributed by atoms with Crippen LogP contribution in [0.1, 0.15) is 0 Å². The molecule has 0 unspecified atom stereocenters. The van der Waals surface area contributed by atoms with Crippen LogP contribution in [0.15, 0.2) is 0 Å². The molecule has 0 radical (unpaired) electrons. The molecule has 43 nitrogen and oxygen atoms in total. The van der Waals surface area contributed by atoms with Crippen molar-refractivity contribution in [1.29, 1.82) is 0 Å². The number of rotatable bonds is 26. The highest BCUT2D eigenvalue weighted by atomic mass is 16.8. The third kappa shape index (κ3) is 17.1. The van der Waals surface area contributed by atoms with Crippen LogP contribution in [0.25, 0.3) is 0 Å². The highest BCUT2D eigenvalue weighted by Gasteiger charge is 2.58. The van der Waals surface area contributed by atoms with Gasteiger partial charge in [0.2, 0.25) is 0 Å². The van der Waals surface area contributed by atoms with E-state index in [0.717, 1.165) is 0 Å². The molecule has 548 valence electrons. The third-order valence-corrected chi connectivity index (χ3v) is 17.1. The van der Waals surface area contributed by atoms with Gasteiger partial charge in [0, 0.05) is 0 Å². The van der Waals surface area contributed by atoms with Gasteiger partial charge in [-0.05, 0) is 0 Å². The second-order valence-electron chi connectivity index (χ2n) is 23.6. The summed E-state index contributed by atoms with van der Waals surface area (Å²) in [7, 11) is 0. The first-order chi connectivity index (χ1) is 44.5. The van der Waals surface area contributed by atoms with Crippen LogP contribution in [-0.4, -0.2) is 450 Å². The maximum atomic E-state index is 12.1. The molecule has 0 aromatic carbocycles. The zero-order valence-corrected chi connectivity index (χ0v) is 49.2. The maximum Gasteiger partial charge on any atom is 0.187 e. The molecule has 0 saturated carbocycles. The molecule has 0 aromatic rings. The number of carbonyl (C=O) groups excluding carboxylic acids is 1. The molecule has 26 N–H and O–H groups in total. The monoisotopic (exact) mass is 1390 g/mol. The summed E-state index contributed by atoms with van der Waals surface area (Å²) in [6, 6.07) is 0. The average molecular weight is 1390 g/mol. The smallest absolute Gasteiger partial charge is 0.187 e. The molecule has 94 heavy (non-hydrogen) atoms. The second kappa shape index (κ2) is 34.1. The van der Waals surface area contributed by atoms with Gasteiger partial charge in [-0.2, -0.15) is 0 Å². The maximum absolute atomic E-state index is 12.1. The zero-order chi connectivity index (χ0) is 69.1. The van der Waals surface area contributed by atoms with Crippen molar-refractivity contribution in [2.24, 2.45) is 0 Å². The van der Waals surface area contributed by atoms with Gasteiger partial charge in [0.1, 0.15) is 201 Å². The molecule has 43 heteroatoms. The highest BCUT2D eigenvalue weighted by Crippen LogP contribution is 2.37. The molecule has 8 fully saturated rings. The van der Waals surface area contributed by atoms with E-state index in [2.05, 4.69) is 0 Å². The Balaban J connectivity index is 1.10.